The third-order valence-corrected chi connectivity index (χ3v) is 5.82. The largest absolute Gasteiger partial charge is 0.396 e. The van der Waals surface area contributed by atoms with Gasteiger partial charge in [-0.15, -0.1) is 0 Å². The zero-order chi connectivity index (χ0) is 13.3. The summed E-state index contributed by atoms with van der Waals surface area (Å²) < 4.78 is 0. The maximum absolute atomic E-state index is 12.5. The second-order valence-electron chi connectivity index (χ2n) is 7.09. The highest BCUT2D eigenvalue weighted by Gasteiger charge is 2.67. The van der Waals surface area contributed by atoms with Gasteiger partial charge in [-0.25, -0.2) is 0 Å². The number of allylic oxidation sites excluding steroid dienone is 1. The molecular weight excluding hydrogens is 228 g/mol. The molecule has 0 bridgehead atoms. The normalized spacial score (nSPS) is 45.6. The Balaban J connectivity index is 2.09. The maximum Gasteiger partial charge on any atom is 0.162 e. The van der Waals surface area contributed by atoms with Gasteiger partial charge in [-0.05, 0) is 49.2 Å². The van der Waals surface area contributed by atoms with Gasteiger partial charge in [-0.3, -0.25) is 4.79 Å². The number of ketones is 1. The minimum absolute atomic E-state index is 0.0741. The molecule has 0 aromatic carbocycles. The second-order valence-corrected chi connectivity index (χ2v) is 7.09. The molecule has 3 heteroatoms. The molecular formula is C15H22O3. The molecule has 0 heterocycles. The fraction of sp³-hybridized carbons (Fsp3) is 0.800. The van der Waals surface area contributed by atoms with Gasteiger partial charge in [0.15, 0.2) is 5.78 Å². The van der Waals surface area contributed by atoms with Crippen molar-refractivity contribution >= 4 is 5.78 Å². The smallest absolute Gasteiger partial charge is 0.162 e. The number of aliphatic hydroxyl groups is 2. The predicted molar refractivity (Wildman–Crippen MR) is 67.9 cm³/mol. The molecule has 18 heavy (non-hydrogen) atoms. The lowest BCUT2D eigenvalue weighted by Gasteiger charge is -2.43. The van der Waals surface area contributed by atoms with Crippen molar-refractivity contribution in [1.82, 2.24) is 0 Å². The number of hydrogen-bond acceptors (Lipinski definition) is 3. The molecule has 0 aliphatic heterocycles. The Morgan fingerprint density at radius 2 is 1.89 bits per heavy atom. The van der Waals surface area contributed by atoms with E-state index in [1.165, 1.54) is 0 Å². The van der Waals surface area contributed by atoms with Crippen LogP contribution in [0.3, 0.4) is 0 Å². The van der Waals surface area contributed by atoms with Crippen LogP contribution in [0.15, 0.2) is 11.1 Å². The van der Waals surface area contributed by atoms with Crippen LogP contribution in [-0.2, 0) is 4.79 Å². The van der Waals surface area contributed by atoms with Crippen molar-refractivity contribution < 1.29 is 15.0 Å². The Kier molecular flexibility index (Phi) is 2.24. The summed E-state index contributed by atoms with van der Waals surface area (Å²) in [5.74, 6) is 0.137. The first kappa shape index (κ1) is 12.4. The molecule has 0 amide bonds. The first-order valence-electron chi connectivity index (χ1n) is 6.87. The van der Waals surface area contributed by atoms with E-state index in [4.69, 9.17) is 0 Å². The third kappa shape index (κ3) is 1.24. The molecule has 1 fully saturated rings. The van der Waals surface area contributed by atoms with Gasteiger partial charge in [0.2, 0.25) is 0 Å². The Hall–Kier alpha value is -0.670. The summed E-state index contributed by atoms with van der Waals surface area (Å²) >= 11 is 0. The van der Waals surface area contributed by atoms with E-state index in [1.807, 2.05) is 20.8 Å². The molecule has 0 radical (unpaired) electrons. The molecule has 1 spiro atoms. The van der Waals surface area contributed by atoms with Crippen molar-refractivity contribution in [2.45, 2.75) is 52.1 Å². The molecule has 0 aromatic rings. The minimum Gasteiger partial charge on any atom is -0.396 e. The summed E-state index contributed by atoms with van der Waals surface area (Å²) in [5, 5.41) is 20.5. The van der Waals surface area contributed by atoms with Crippen LogP contribution in [0.25, 0.3) is 0 Å². The average Bonchev–Trinajstić information content (AvgIpc) is 3.05. The van der Waals surface area contributed by atoms with E-state index in [0.29, 0.717) is 12.8 Å². The van der Waals surface area contributed by atoms with E-state index in [-0.39, 0.29) is 29.1 Å². The van der Waals surface area contributed by atoms with Crippen molar-refractivity contribution in [2.75, 3.05) is 6.61 Å². The van der Waals surface area contributed by atoms with Crippen LogP contribution in [0.2, 0.25) is 0 Å². The van der Waals surface area contributed by atoms with E-state index in [2.05, 4.69) is 0 Å². The van der Waals surface area contributed by atoms with Crippen molar-refractivity contribution in [3.05, 3.63) is 11.1 Å². The molecule has 1 saturated carbocycles. The van der Waals surface area contributed by atoms with Gasteiger partial charge in [0, 0.05) is 17.9 Å². The summed E-state index contributed by atoms with van der Waals surface area (Å²) in [7, 11) is 0. The van der Waals surface area contributed by atoms with E-state index < -0.39 is 5.60 Å². The highest BCUT2D eigenvalue weighted by molar-refractivity contribution is 6.01. The monoisotopic (exact) mass is 250 g/mol. The number of carbonyl (C=O) groups excluding carboxylic acids is 1. The molecule has 2 N–H and O–H groups in total. The van der Waals surface area contributed by atoms with Crippen LogP contribution in [0.1, 0.15) is 46.5 Å². The van der Waals surface area contributed by atoms with E-state index >= 15 is 0 Å². The third-order valence-electron chi connectivity index (χ3n) is 5.82. The van der Waals surface area contributed by atoms with Gasteiger partial charge in [-0.1, -0.05) is 13.8 Å². The quantitative estimate of drug-likeness (QED) is 0.746. The molecule has 100 valence electrons. The fourth-order valence-electron chi connectivity index (χ4n) is 4.23. The number of rotatable bonds is 1. The van der Waals surface area contributed by atoms with Crippen LogP contribution >= 0.6 is 0 Å². The zero-order valence-corrected chi connectivity index (χ0v) is 11.4. The SMILES string of the molecule is C[C@@H]1C(=O)C2=C(C[C@](C)(CO)C2)[C@](C)(O)C12CC2. The molecule has 3 aliphatic carbocycles. The standard InChI is InChI=1S/C15H22O3/c1-9-12(17)10-6-13(2,8-16)7-11(10)14(3,18)15(9)4-5-15/h9,16,18H,4-8H2,1-3H3/t9-,13-,14+/m1/s1. The van der Waals surface area contributed by atoms with Crippen LogP contribution in [0.4, 0.5) is 0 Å². The van der Waals surface area contributed by atoms with Crippen LogP contribution in [0, 0.1) is 16.7 Å². The summed E-state index contributed by atoms with van der Waals surface area (Å²) in [4.78, 5) is 12.5. The van der Waals surface area contributed by atoms with Gasteiger partial charge in [0.1, 0.15) is 0 Å². The van der Waals surface area contributed by atoms with Crippen molar-refractivity contribution in [3.63, 3.8) is 0 Å². The number of carbonyl (C=O) groups is 1. The van der Waals surface area contributed by atoms with Gasteiger partial charge in [0.05, 0.1) is 5.60 Å². The number of aliphatic hydroxyl groups excluding tert-OH is 1. The molecule has 3 rings (SSSR count). The first-order valence-corrected chi connectivity index (χ1v) is 6.87. The van der Waals surface area contributed by atoms with Crippen LogP contribution in [0.5, 0.6) is 0 Å². The molecule has 0 unspecified atom stereocenters. The highest BCUT2D eigenvalue weighted by atomic mass is 16.3. The first-order chi connectivity index (χ1) is 8.27. The van der Waals surface area contributed by atoms with Gasteiger partial charge in [0.25, 0.3) is 0 Å². The molecule has 3 aliphatic rings. The fourth-order valence-corrected chi connectivity index (χ4v) is 4.23. The maximum atomic E-state index is 12.5. The summed E-state index contributed by atoms with van der Waals surface area (Å²) in [5.41, 5.74) is 0.387. The Morgan fingerprint density at radius 1 is 1.28 bits per heavy atom. The summed E-state index contributed by atoms with van der Waals surface area (Å²) in [6.45, 7) is 5.91. The lowest BCUT2D eigenvalue weighted by atomic mass is 9.64. The lowest BCUT2D eigenvalue weighted by molar-refractivity contribution is -0.127. The average molecular weight is 250 g/mol. The van der Waals surface area contributed by atoms with E-state index in [1.54, 1.807) is 0 Å². The van der Waals surface area contributed by atoms with E-state index in [0.717, 1.165) is 24.0 Å². The zero-order valence-electron chi connectivity index (χ0n) is 11.4. The van der Waals surface area contributed by atoms with Gasteiger partial charge in [-0.2, -0.15) is 0 Å². The number of hydrogen-bond donors (Lipinski definition) is 2. The Morgan fingerprint density at radius 3 is 2.39 bits per heavy atom. The number of Topliss-reactive ketones (excluding diaryl/α,β-unsaturated/α-hetero) is 1. The Bertz CT molecular complexity index is 456. The second kappa shape index (κ2) is 3.26. The molecule has 0 aromatic heterocycles. The topological polar surface area (TPSA) is 57.5 Å². The minimum atomic E-state index is -0.859. The van der Waals surface area contributed by atoms with Crippen molar-refractivity contribution in [1.29, 1.82) is 0 Å². The summed E-state index contributed by atoms with van der Waals surface area (Å²) in [6.07, 6.45) is 3.17. The van der Waals surface area contributed by atoms with Crippen LogP contribution < -0.4 is 0 Å². The predicted octanol–water partition coefficient (Wildman–Crippen LogP) is 1.83. The van der Waals surface area contributed by atoms with Gasteiger partial charge >= 0.3 is 0 Å². The van der Waals surface area contributed by atoms with Crippen molar-refractivity contribution in [3.8, 4) is 0 Å². The Labute approximate surface area is 108 Å². The molecule has 0 saturated heterocycles. The summed E-state index contributed by atoms with van der Waals surface area (Å²) in [6, 6.07) is 0. The van der Waals surface area contributed by atoms with E-state index in [9.17, 15) is 15.0 Å². The van der Waals surface area contributed by atoms with Crippen molar-refractivity contribution in [2.24, 2.45) is 16.7 Å². The molecule has 3 atom stereocenters. The van der Waals surface area contributed by atoms with Gasteiger partial charge < -0.3 is 10.2 Å². The highest BCUT2D eigenvalue weighted by Crippen LogP contribution is 2.67. The van der Waals surface area contributed by atoms with Crippen LogP contribution in [-0.4, -0.2) is 28.2 Å². The molecule has 3 nitrogen and oxygen atoms in total. The lowest BCUT2D eigenvalue weighted by Crippen LogP contribution is -2.48.